The standard InChI is InChI=1S/2C30H30F3N5O2/c2*1-16-27(37(4)36-35-16)18-13-24-26(34-15-18)21-7-8-22(30(2,3)39)25(33)29(21)38(24)28(17-9-11-40-12-10-17)20-6-5-19(31)14-23(20)32/h2*5-8,13-15,17,28,39H,9-12H2,1-4H3. The highest BCUT2D eigenvalue weighted by atomic mass is 19.2. The molecule has 2 aliphatic rings. The van der Waals surface area contributed by atoms with E-state index in [4.69, 9.17) is 19.4 Å². The number of aliphatic hydroxyl groups is 2. The molecule has 20 heteroatoms. The van der Waals surface area contributed by atoms with Gasteiger partial charge in [0.25, 0.3) is 0 Å². The Morgan fingerprint density at radius 2 is 0.912 bits per heavy atom. The summed E-state index contributed by atoms with van der Waals surface area (Å²) in [6.45, 7) is 11.7. The summed E-state index contributed by atoms with van der Waals surface area (Å²) in [5.74, 6) is -4.28. The van der Waals surface area contributed by atoms with Crippen molar-refractivity contribution >= 4 is 43.9 Å². The highest BCUT2D eigenvalue weighted by Gasteiger charge is 2.37. The van der Waals surface area contributed by atoms with Crippen LogP contribution in [0.3, 0.4) is 0 Å². The minimum Gasteiger partial charge on any atom is -0.386 e. The molecule has 2 fully saturated rings. The Hall–Kier alpha value is -7.52. The van der Waals surface area contributed by atoms with Crippen molar-refractivity contribution < 1.29 is 46.0 Å². The summed E-state index contributed by atoms with van der Waals surface area (Å²) in [4.78, 5) is 9.52. The molecule has 2 saturated heterocycles. The van der Waals surface area contributed by atoms with Gasteiger partial charge in [-0.3, -0.25) is 9.97 Å². The molecule has 2 unspecified atom stereocenters. The van der Waals surface area contributed by atoms with E-state index in [1.807, 2.05) is 26.0 Å². The molecule has 2 aliphatic heterocycles. The fourth-order valence-corrected chi connectivity index (χ4v) is 12.2. The van der Waals surface area contributed by atoms with Crippen LogP contribution in [0.15, 0.2) is 85.2 Å². The number of benzene rings is 4. The SMILES string of the molecule is Cc1nnn(C)c1-c1cnc2c3ccc(C(C)(C)O)c(F)c3n(C(c3ccc(F)cc3F)C3CCOCC3)c2c1.Cc1nnn(C)c1-c1cnc2c3ccc(C(C)(C)O)c(F)c3n(C(c3ccc(F)cc3F)C3CCOCC3)c2c1. The molecule has 8 heterocycles. The van der Waals surface area contributed by atoms with E-state index in [2.05, 4.69) is 20.6 Å². The molecule has 80 heavy (non-hydrogen) atoms. The number of aryl methyl sites for hydroxylation is 4. The monoisotopic (exact) mass is 1100 g/mol. The van der Waals surface area contributed by atoms with E-state index in [0.29, 0.717) is 96.3 Å². The third-order valence-corrected chi connectivity index (χ3v) is 15.9. The van der Waals surface area contributed by atoms with Crippen molar-refractivity contribution in [3.05, 3.63) is 154 Å². The van der Waals surface area contributed by atoms with Gasteiger partial charge in [0.2, 0.25) is 0 Å². The number of rotatable bonds is 10. The number of ether oxygens (including phenoxy) is 2. The average Bonchev–Trinajstić information content (AvgIpc) is 4.35. The largest absolute Gasteiger partial charge is 0.386 e. The van der Waals surface area contributed by atoms with Crippen molar-refractivity contribution in [1.82, 2.24) is 49.1 Å². The molecule has 0 saturated carbocycles. The zero-order valence-electron chi connectivity index (χ0n) is 45.5. The minimum atomic E-state index is -1.47. The molecular weight excluding hydrogens is 1040 g/mol. The fourth-order valence-electron chi connectivity index (χ4n) is 12.2. The van der Waals surface area contributed by atoms with E-state index >= 15 is 17.6 Å². The smallest absolute Gasteiger partial charge is 0.153 e. The lowest BCUT2D eigenvalue weighted by Gasteiger charge is -2.33. The molecule has 6 aromatic heterocycles. The van der Waals surface area contributed by atoms with Crippen molar-refractivity contribution in [3.63, 3.8) is 0 Å². The minimum absolute atomic E-state index is 0.112. The quantitative estimate of drug-likeness (QED) is 0.126. The van der Waals surface area contributed by atoms with Crippen LogP contribution in [0.5, 0.6) is 0 Å². The summed E-state index contributed by atoms with van der Waals surface area (Å²) in [5.41, 5.74) is 4.79. The molecule has 14 nitrogen and oxygen atoms in total. The fraction of sp³-hybridized carbons (Fsp3) is 0.367. The molecule has 10 aromatic rings. The van der Waals surface area contributed by atoms with Crippen molar-refractivity contribution in [2.75, 3.05) is 26.4 Å². The van der Waals surface area contributed by atoms with Crippen LogP contribution in [0.2, 0.25) is 0 Å². The zero-order valence-corrected chi connectivity index (χ0v) is 45.5. The van der Waals surface area contributed by atoms with Gasteiger partial charge in [0.15, 0.2) is 11.6 Å². The number of nitrogens with zero attached hydrogens (tertiary/aromatic N) is 10. The van der Waals surface area contributed by atoms with Gasteiger partial charge in [0, 0.05) is 109 Å². The van der Waals surface area contributed by atoms with Crippen LogP contribution in [0.4, 0.5) is 26.3 Å². The number of halogens is 6. The summed E-state index contributed by atoms with van der Waals surface area (Å²) < 4.78 is 110. The van der Waals surface area contributed by atoms with Gasteiger partial charge in [-0.15, -0.1) is 10.2 Å². The maximum absolute atomic E-state index is 16.6. The van der Waals surface area contributed by atoms with Crippen molar-refractivity contribution in [1.29, 1.82) is 0 Å². The lowest BCUT2D eigenvalue weighted by molar-refractivity contribution is 0.0546. The van der Waals surface area contributed by atoms with Crippen molar-refractivity contribution in [3.8, 4) is 22.5 Å². The zero-order chi connectivity index (χ0) is 56.7. The molecule has 0 amide bonds. The third-order valence-electron chi connectivity index (χ3n) is 15.9. The van der Waals surface area contributed by atoms with Gasteiger partial charge in [-0.25, -0.2) is 35.7 Å². The summed E-state index contributed by atoms with van der Waals surface area (Å²) in [7, 11) is 3.56. The van der Waals surface area contributed by atoms with Crippen LogP contribution >= 0.6 is 0 Å². The molecule has 0 spiro atoms. The Morgan fingerprint density at radius 3 is 1.24 bits per heavy atom. The Kier molecular flexibility index (Phi) is 14.2. The molecule has 0 bridgehead atoms. The second kappa shape index (κ2) is 20.9. The van der Waals surface area contributed by atoms with Gasteiger partial charge in [-0.2, -0.15) is 0 Å². The van der Waals surface area contributed by atoms with E-state index in [0.717, 1.165) is 34.6 Å². The Bertz CT molecular complexity index is 3720. The predicted octanol–water partition coefficient (Wildman–Crippen LogP) is 11.9. The lowest BCUT2D eigenvalue weighted by Crippen LogP contribution is -2.28. The predicted molar refractivity (Wildman–Crippen MR) is 290 cm³/mol. The van der Waals surface area contributed by atoms with Crippen LogP contribution in [-0.2, 0) is 34.8 Å². The van der Waals surface area contributed by atoms with E-state index in [1.54, 1.807) is 69.3 Å². The molecule has 416 valence electrons. The van der Waals surface area contributed by atoms with Crippen LogP contribution < -0.4 is 0 Å². The molecule has 2 N–H and O–H groups in total. The second-order valence-corrected chi connectivity index (χ2v) is 22.1. The topological polar surface area (TPSA) is 156 Å². The highest BCUT2D eigenvalue weighted by molar-refractivity contribution is 6.08. The first-order valence-electron chi connectivity index (χ1n) is 26.6. The van der Waals surface area contributed by atoms with Crippen LogP contribution in [0, 0.1) is 60.6 Å². The van der Waals surface area contributed by atoms with Gasteiger partial charge in [0.05, 0.1) is 79.2 Å². The van der Waals surface area contributed by atoms with Gasteiger partial charge >= 0.3 is 0 Å². The second-order valence-electron chi connectivity index (χ2n) is 22.1. The number of hydrogen-bond acceptors (Lipinski definition) is 10. The highest BCUT2D eigenvalue weighted by Crippen LogP contribution is 2.46. The van der Waals surface area contributed by atoms with Crippen LogP contribution in [-0.4, -0.2) is 85.7 Å². The van der Waals surface area contributed by atoms with E-state index in [1.165, 1.54) is 52.0 Å². The van der Waals surface area contributed by atoms with Gasteiger partial charge in [-0.05, 0) is 103 Å². The Morgan fingerprint density at radius 1 is 0.537 bits per heavy atom. The van der Waals surface area contributed by atoms with Gasteiger partial charge < -0.3 is 28.8 Å². The van der Waals surface area contributed by atoms with E-state index < -0.39 is 58.2 Å². The molecule has 2 atom stereocenters. The first-order chi connectivity index (χ1) is 38.1. The normalized spacial score (nSPS) is 15.8. The van der Waals surface area contributed by atoms with E-state index in [-0.39, 0.29) is 45.1 Å². The molecule has 4 aromatic carbocycles. The number of pyridine rings is 2. The van der Waals surface area contributed by atoms with Crippen LogP contribution in [0.25, 0.3) is 66.4 Å². The van der Waals surface area contributed by atoms with Gasteiger partial charge in [0.1, 0.15) is 23.3 Å². The third kappa shape index (κ3) is 9.58. The first kappa shape index (κ1) is 54.4. The summed E-state index contributed by atoms with van der Waals surface area (Å²) >= 11 is 0. The number of aromatic nitrogens is 10. The molecule has 0 aliphatic carbocycles. The maximum Gasteiger partial charge on any atom is 0.153 e. The molecule has 0 radical (unpaired) electrons. The Balaban J connectivity index is 0.000000169. The maximum atomic E-state index is 16.6. The van der Waals surface area contributed by atoms with Crippen LogP contribution in [0.1, 0.15) is 99.1 Å². The summed E-state index contributed by atoms with van der Waals surface area (Å²) in [6, 6.07) is 16.1. The lowest BCUT2D eigenvalue weighted by atomic mass is 9.86. The van der Waals surface area contributed by atoms with Gasteiger partial charge in [-0.1, -0.05) is 46.8 Å². The number of fused-ring (bicyclic) bond motifs is 6. The first-order valence-corrected chi connectivity index (χ1v) is 26.6. The van der Waals surface area contributed by atoms with Crippen molar-refractivity contribution in [2.24, 2.45) is 25.9 Å². The summed E-state index contributed by atoms with van der Waals surface area (Å²) in [5, 5.41) is 39.2. The van der Waals surface area contributed by atoms with Crippen molar-refractivity contribution in [2.45, 2.75) is 90.5 Å². The average molecular weight is 1100 g/mol. The number of hydrogen-bond donors (Lipinski definition) is 2. The Labute approximate surface area is 456 Å². The van der Waals surface area contributed by atoms with E-state index in [9.17, 15) is 19.0 Å². The molecule has 12 rings (SSSR count). The summed E-state index contributed by atoms with van der Waals surface area (Å²) in [6.07, 6.45) is 5.81. The molecular formula is C60H60F6N10O4.